The summed E-state index contributed by atoms with van der Waals surface area (Å²) in [7, 11) is 0. The fourth-order valence-electron chi connectivity index (χ4n) is 1.14. The number of benzene rings is 1. The van der Waals surface area contributed by atoms with Crippen LogP contribution in [0.25, 0.3) is 11.3 Å². The summed E-state index contributed by atoms with van der Waals surface area (Å²) < 4.78 is 0. The molecule has 1 aromatic carbocycles. The highest BCUT2D eigenvalue weighted by atomic mass is 14.7. The molecule has 16 heavy (non-hydrogen) atoms. The van der Waals surface area contributed by atoms with E-state index in [1.165, 1.54) is 0 Å². The van der Waals surface area contributed by atoms with Crippen molar-refractivity contribution in [2.75, 3.05) is 0 Å². The molecule has 0 aliphatic rings. The molecule has 0 fully saturated rings. The van der Waals surface area contributed by atoms with Crippen LogP contribution in [0.15, 0.2) is 80.0 Å². The van der Waals surface area contributed by atoms with Gasteiger partial charge in [0.1, 0.15) is 0 Å². The SMILES string of the molecule is C=CC=C.c1ccc(-c2ccccn2)cc1. The summed E-state index contributed by atoms with van der Waals surface area (Å²) in [6.45, 7) is 6.72. The smallest absolute Gasteiger partial charge is 0.0701 e. The average molecular weight is 209 g/mol. The monoisotopic (exact) mass is 209 g/mol. The first-order valence-corrected chi connectivity index (χ1v) is 5.08. The molecule has 0 saturated heterocycles. The first kappa shape index (κ1) is 11.9. The zero-order valence-corrected chi connectivity index (χ0v) is 9.21. The number of rotatable bonds is 2. The van der Waals surface area contributed by atoms with E-state index in [0.29, 0.717) is 0 Å². The number of hydrogen-bond acceptors (Lipinski definition) is 1. The summed E-state index contributed by atoms with van der Waals surface area (Å²) in [6.07, 6.45) is 5.09. The Balaban J connectivity index is 0.000000280. The van der Waals surface area contributed by atoms with Crippen LogP contribution in [0.2, 0.25) is 0 Å². The maximum atomic E-state index is 4.25. The average Bonchev–Trinajstić information content (AvgIpc) is 2.41. The lowest BCUT2D eigenvalue weighted by Crippen LogP contribution is -1.79. The number of hydrogen-bond donors (Lipinski definition) is 0. The van der Waals surface area contributed by atoms with Gasteiger partial charge in [-0.2, -0.15) is 0 Å². The van der Waals surface area contributed by atoms with Crippen molar-refractivity contribution in [3.8, 4) is 11.3 Å². The molecule has 0 bridgehead atoms. The van der Waals surface area contributed by atoms with Crippen molar-refractivity contribution in [3.63, 3.8) is 0 Å². The van der Waals surface area contributed by atoms with Gasteiger partial charge in [-0.3, -0.25) is 4.98 Å². The quantitative estimate of drug-likeness (QED) is 0.678. The van der Waals surface area contributed by atoms with Crippen LogP contribution in [0, 0.1) is 0 Å². The second kappa shape index (κ2) is 7.18. The van der Waals surface area contributed by atoms with Crippen molar-refractivity contribution in [1.29, 1.82) is 0 Å². The molecular formula is C15H15N. The van der Waals surface area contributed by atoms with Crippen molar-refractivity contribution >= 4 is 0 Å². The number of nitrogens with zero attached hydrogens (tertiary/aromatic N) is 1. The Morgan fingerprint density at radius 3 is 1.94 bits per heavy atom. The van der Waals surface area contributed by atoms with Crippen molar-refractivity contribution in [2.45, 2.75) is 0 Å². The fraction of sp³-hybridized carbons (Fsp3) is 0. The molecule has 0 radical (unpaired) electrons. The molecule has 80 valence electrons. The fourth-order valence-corrected chi connectivity index (χ4v) is 1.14. The summed E-state index contributed by atoms with van der Waals surface area (Å²) in [5.74, 6) is 0. The van der Waals surface area contributed by atoms with Gasteiger partial charge < -0.3 is 0 Å². The first-order valence-electron chi connectivity index (χ1n) is 5.08. The third-order valence-corrected chi connectivity index (χ3v) is 1.90. The number of allylic oxidation sites excluding steroid dienone is 2. The van der Waals surface area contributed by atoms with Gasteiger partial charge in [0.25, 0.3) is 0 Å². The Labute approximate surface area is 96.8 Å². The van der Waals surface area contributed by atoms with Crippen LogP contribution in [0.3, 0.4) is 0 Å². The van der Waals surface area contributed by atoms with Crippen LogP contribution < -0.4 is 0 Å². The molecule has 2 aromatic rings. The van der Waals surface area contributed by atoms with Crippen molar-refractivity contribution in [1.82, 2.24) is 4.98 Å². The zero-order valence-electron chi connectivity index (χ0n) is 9.21. The van der Waals surface area contributed by atoms with Gasteiger partial charge in [-0.15, -0.1) is 0 Å². The Hall–Kier alpha value is -2.15. The summed E-state index contributed by atoms with van der Waals surface area (Å²) in [4.78, 5) is 4.25. The topological polar surface area (TPSA) is 12.9 Å². The predicted octanol–water partition coefficient (Wildman–Crippen LogP) is 4.11. The zero-order chi connectivity index (χ0) is 11.6. The van der Waals surface area contributed by atoms with Crippen molar-refractivity contribution in [2.24, 2.45) is 0 Å². The van der Waals surface area contributed by atoms with Gasteiger partial charge in [-0.25, -0.2) is 0 Å². The first-order chi connectivity index (χ1) is 7.88. The Morgan fingerprint density at radius 2 is 1.44 bits per heavy atom. The molecule has 0 saturated carbocycles. The number of aromatic nitrogens is 1. The van der Waals surface area contributed by atoms with E-state index >= 15 is 0 Å². The number of pyridine rings is 1. The lowest BCUT2D eigenvalue weighted by Gasteiger charge is -1.97. The van der Waals surface area contributed by atoms with Crippen LogP contribution >= 0.6 is 0 Å². The highest BCUT2D eigenvalue weighted by Gasteiger charge is 1.93. The molecule has 0 amide bonds. The van der Waals surface area contributed by atoms with E-state index in [4.69, 9.17) is 0 Å². The predicted molar refractivity (Wildman–Crippen MR) is 70.1 cm³/mol. The third kappa shape index (κ3) is 3.93. The van der Waals surface area contributed by atoms with Gasteiger partial charge in [0.2, 0.25) is 0 Å². The van der Waals surface area contributed by atoms with Gasteiger partial charge in [0.15, 0.2) is 0 Å². The third-order valence-electron chi connectivity index (χ3n) is 1.90. The molecular weight excluding hydrogens is 194 g/mol. The second-order valence-electron chi connectivity index (χ2n) is 3.05. The Bertz CT molecular complexity index is 374. The van der Waals surface area contributed by atoms with E-state index in [9.17, 15) is 0 Å². The highest BCUT2D eigenvalue weighted by Crippen LogP contribution is 2.14. The Morgan fingerprint density at radius 1 is 0.812 bits per heavy atom. The highest BCUT2D eigenvalue weighted by molar-refractivity contribution is 5.58. The van der Waals surface area contributed by atoms with Gasteiger partial charge in [-0.1, -0.05) is 61.7 Å². The molecule has 1 aromatic heterocycles. The maximum Gasteiger partial charge on any atom is 0.0701 e. The molecule has 0 spiro atoms. The summed E-state index contributed by atoms with van der Waals surface area (Å²) in [6, 6.07) is 16.1. The van der Waals surface area contributed by atoms with E-state index < -0.39 is 0 Å². The minimum Gasteiger partial charge on any atom is -0.256 e. The molecule has 0 unspecified atom stereocenters. The lowest BCUT2D eigenvalue weighted by atomic mass is 10.1. The molecule has 0 atom stereocenters. The largest absolute Gasteiger partial charge is 0.256 e. The van der Waals surface area contributed by atoms with Gasteiger partial charge in [-0.05, 0) is 12.1 Å². The van der Waals surface area contributed by atoms with Crippen LogP contribution in [0.1, 0.15) is 0 Å². The standard InChI is InChI=1S/C11H9N.C4H6/c1-2-6-10(7-3-1)11-8-4-5-9-12-11;1-3-4-2/h1-9H;3-4H,1-2H2. The van der Waals surface area contributed by atoms with Gasteiger partial charge in [0.05, 0.1) is 5.69 Å². The second-order valence-corrected chi connectivity index (χ2v) is 3.05. The summed E-state index contributed by atoms with van der Waals surface area (Å²) in [5.41, 5.74) is 2.19. The molecule has 0 N–H and O–H groups in total. The maximum absolute atomic E-state index is 4.25. The van der Waals surface area contributed by atoms with E-state index in [1.54, 1.807) is 12.2 Å². The van der Waals surface area contributed by atoms with E-state index in [0.717, 1.165) is 11.3 Å². The molecule has 1 heteroatoms. The molecule has 1 heterocycles. The normalized spacial score (nSPS) is 8.50. The summed E-state index contributed by atoms with van der Waals surface area (Å²) in [5, 5.41) is 0. The van der Waals surface area contributed by atoms with Crippen LogP contribution in [-0.4, -0.2) is 4.98 Å². The van der Waals surface area contributed by atoms with Crippen LogP contribution in [-0.2, 0) is 0 Å². The minimum atomic E-state index is 1.03. The molecule has 0 aliphatic heterocycles. The van der Waals surface area contributed by atoms with E-state index in [-0.39, 0.29) is 0 Å². The Kier molecular flexibility index (Phi) is 5.35. The minimum absolute atomic E-state index is 1.03. The van der Waals surface area contributed by atoms with Crippen molar-refractivity contribution in [3.05, 3.63) is 80.0 Å². The van der Waals surface area contributed by atoms with E-state index in [1.807, 2.05) is 42.6 Å². The van der Waals surface area contributed by atoms with Gasteiger partial charge >= 0.3 is 0 Å². The molecule has 0 aliphatic carbocycles. The molecule has 1 nitrogen and oxygen atoms in total. The summed E-state index contributed by atoms with van der Waals surface area (Å²) >= 11 is 0. The van der Waals surface area contributed by atoms with E-state index in [2.05, 4.69) is 30.3 Å². The van der Waals surface area contributed by atoms with Crippen LogP contribution in [0.4, 0.5) is 0 Å². The molecule has 2 rings (SSSR count). The van der Waals surface area contributed by atoms with Crippen LogP contribution in [0.5, 0.6) is 0 Å². The van der Waals surface area contributed by atoms with Crippen molar-refractivity contribution < 1.29 is 0 Å². The lowest BCUT2D eigenvalue weighted by molar-refractivity contribution is 1.33. The van der Waals surface area contributed by atoms with Gasteiger partial charge in [0, 0.05) is 11.8 Å².